The molecular formula is C19H17FN4O2S2. The number of halogens is 1. The van der Waals surface area contributed by atoms with Crippen molar-refractivity contribution in [3.8, 4) is 0 Å². The predicted molar refractivity (Wildman–Crippen MR) is 108 cm³/mol. The summed E-state index contributed by atoms with van der Waals surface area (Å²) in [5.41, 5.74) is 1.33. The molecule has 144 valence electrons. The number of thiophene rings is 1. The first-order valence-electron chi connectivity index (χ1n) is 9.05. The van der Waals surface area contributed by atoms with Crippen LogP contribution >= 0.6 is 23.1 Å². The molecule has 0 radical (unpaired) electrons. The van der Waals surface area contributed by atoms with Crippen LogP contribution in [0.1, 0.15) is 18.4 Å². The maximum Gasteiger partial charge on any atom is 0.272 e. The van der Waals surface area contributed by atoms with Crippen molar-refractivity contribution in [3.63, 3.8) is 0 Å². The largest absolute Gasteiger partial charge is 0.376 e. The normalized spacial score (nSPS) is 17.1. The van der Waals surface area contributed by atoms with Crippen LogP contribution in [-0.2, 0) is 17.0 Å². The minimum Gasteiger partial charge on any atom is -0.376 e. The van der Waals surface area contributed by atoms with Gasteiger partial charge in [-0.15, -0.1) is 21.5 Å². The minimum absolute atomic E-state index is 0.0186. The molecule has 28 heavy (non-hydrogen) atoms. The van der Waals surface area contributed by atoms with Crippen LogP contribution in [0.15, 0.2) is 45.7 Å². The van der Waals surface area contributed by atoms with Crippen molar-refractivity contribution in [2.24, 2.45) is 0 Å². The number of hydrogen-bond donors (Lipinski definition) is 0. The summed E-state index contributed by atoms with van der Waals surface area (Å²) < 4.78 is 23.9. The van der Waals surface area contributed by atoms with Crippen LogP contribution in [0.2, 0.25) is 0 Å². The first kappa shape index (κ1) is 17.8. The van der Waals surface area contributed by atoms with Crippen molar-refractivity contribution >= 4 is 39.1 Å². The average molecular weight is 417 g/mol. The van der Waals surface area contributed by atoms with Gasteiger partial charge in [0.25, 0.3) is 5.56 Å². The van der Waals surface area contributed by atoms with Gasteiger partial charge in [0.1, 0.15) is 10.5 Å². The molecule has 0 saturated carbocycles. The molecular weight excluding hydrogens is 399 g/mol. The van der Waals surface area contributed by atoms with Crippen molar-refractivity contribution in [2.75, 3.05) is 6.61 Å². The van der Waals surface area contributed by atoms with Crippen LogP contribution in [0.5, 0.6) is 0 Å². The maximum atomic E-state index is 14.0. The number of hydrogen-bond acceptors (Lipinski definition) is 6. The number of benzene rings is 1. The molecule has 9 heteroatoms. The molecule has 0 N–H and O–H groups in total. The number of fused-ring (bicyclic) bond motifs is 3. The van der Waals surface area contributed by atoms with Gasteiger partial charge < -0.3 is 4.74 Å². The van der Waals surface area contributed by atoms with Crippen LogP contribution < -0.4 is 5.56 Å². The Morgan fingerprint density at radius 1 is 1.29 bits per heavy atom. The van der Waals surface area contributed by atoms with E-state index in [9.17, 15) is 9.18 Å². The number of ether oxygens (including phenoxy) is 1. The van der Waals surface area contributed by atoms with E-state index in [-0.39, 0.29) is 17.5 Å². The first-order valence-corrected chi connectivity index (χ1v) is 10.9. The van der Waals surface area contributed by atoms with Gasteiger partial charge in [-0.1, -0.05) is 30.0 Å². The maximum absolute atomic E-state index is 14.0. The highest BCUT2D eigenvalue weighted by Crippen LogP contribution is 2.27. The highest BCUT2D eigenvalue weighted by Gasteiger charge is 2.22. The van der Waals surface area contributed by atoms with Gasteiger partial charge in [0.05, 0.1) is 18.2 Å². The number of aromatic nitrogens is 4. The van der Waals surface area contributed by atoms with Crippen LogP contribution in [0, 0.1) is 5.82 Å². The Morgan fingerprint density at radius 3 is 3.00 bits per heavy atom. The number of nitrogens with zero attached hydrogens (tertiary/aromatic N) is 4. The summed E-state index contributed by atoms with van der Waals surface area (Å²) in [6, 6.07) is 8.61. The van der Waals surface area contributed by atoms with E-state index in [1.54, 1.807) is 16.7 Å². The lowest BCUT2D eigenvalue weighted by atomic mass is 10.2. The Hall–Kier alpha value is -2.23. The molecule has 0 unspecified atom stereocenters. The lowest BCUT2D eigenvalue weighted by Gasteiger charge is -2.13. The highest BCUT2D eigenvalue weighted by atomic mass is 32.2. The van der Waals surface area contributed by atoms with E-state index < -0.39 is 0 Å². The third-order valence-electron chi connectivity index (χ3n) is 4.91. The second-order valence-corrected chi connectivity index (χ2v) is 8.54. The van der Waals surface area contributed by atoms with E-state index in [1.165, 1.54) is 29.2 Å². The van der Waals surface area contributed by atoms with Crippen LogP contribution in [0.3, 0.4) is 0 Å². The zero-order valence-corrected chi connectivity index (χ0v) is 16.5. The number of thioether (sulfide) groups is 1. The molecule has 4 aromatic rings. The lowest BCUT2D eigenvalue weighted by Crippen LogP contribution is -2.28. The van der Waals surface area contributed by atoms with Gasteiger partial charge >= 0.3 is 0 Å². The molecule has 1 aliphatic rings. The van der Waals surface area contributed by atoms with E-state index >= 15 is 0 Å². The zero-order chi connectivity index (χ0) is 19.1. The fourth-order valence-corrected chi connectivity index (χ4v) is 5.26. The summed E-state index contributed by atoms with van der Waals surface area (Å²) in [7, 11) is 0. The Morgan fingerprint density at radius 2 is 2.18 bits per heavy atom. The van der Waals surface area contributed by atoms with Gasteiger partial charge in [0, 0.05) is 12.4 Å². The summed E-state index contributed by atoms with van der Waals surface area (Å²) in [5.74, 6) is 0.700. The molecule has 3 aromatic heterocycles. The van der Waals surface area contributed by atoms with Crippen LogP contribution in [0.4, 0.5) is 4.39 Å². The standard InChI is InChI=1S/C19H17FN4O2S2/c20-14-6-2-1-4-12(14)11-28-19-22-21-18-23(10-13-5-3-8-26-13)17(25)16-15(24(18)19)7-9-27-16/h1-2,4,6-7,9,13H,3,5,8,10-11H2/t13-/m1/s1. The molecule has 5 rings (SSSR count). The highest BCUT2D eigenvalue weighted by molar-refractivity contribution is 7.98. The summed E-state index contributed by atoms with van der Waals surface area (Å²) >= 11 is 2.82. The summed E-state index contributed by atoms with van der Waals surface area (Å²) in [5, 5.41) is 11.1. The van der Waals surface area contributed by atoms with Crippen molar-refractivity contribution < 1.29 is 9.13 Å². The van der Waals surface area contributed by atoms with Gasteiger partial charge in [-0.2, -0.15) is 0 Å². The van der Waals surface area contributed by atoms with Crippen molar-refractivity contribution in [1.82, 2.24) is 19.2 Å². The summed E-state index contributed by atoms with van der Waals surface area (Å²) in [6.07, 6.45) is 1.96. The van der Waals surface area contributed by atoms with Gasteiger partial charge in [-0.3, -0.25) is 13.8 Å². The van der Waals surface area contributed by atoms with E-state index in [0.29, 0.717) is 33.5 Å². The van der Waals surface area contributed by atoms with Crippen molar-refractivity contribution in [1.29, 1.82) is 0 Å². The van der Waals surface area contributed by atoms with Crippen molar-refractivity contribution in [3.05, 3.63) is 57.4 Å². The second kappa shape index (κ2) is 7.31. The predicted octanol–water partition coefficient (Wildman–Crippen LogP) is 3.72. The van der Waals surface area contributed by atoms with Gasteiger partial charge in [0.15, 0.2) is 5.16 Å². The average Bonchev–Trinajstić information content (AvgIpc) is 3.44. The quantitative estimate of drug-likeness (QED) is 0.464. The van der Waals surface area contributed by atoms with E-state index in [2.05, 4.69) is 10.2 Å². The van der Waals surface area contributed by atoms with Crippen LogP contribution in [-0.4, -0.2) is 31.9 Å². The lowest BCUT2D eigenvalue weighted by molar-refractivity contribution is 0.0969. The topological polar surface area (TPSA) is 61.4 Å². The summed E-state index contributed by atoms with van der Waals surface area (Å²) in [4.78, 5) is 13.0. The molecule has 4 heterocycles. The Kier molecular flexibility index (Phi) is 4.65. The second-order valence-electron chi connectivity index (χ2n) is 6.68. The van der Waals surface area contributed by atoms with Gasteiger partial charge in [-0.25, -0.2) is 4.39 Å². The molecule has 1 fully saturated rings. The van der Waals surface area contributed by atoms with E-state index in [0.717, 1.165) is 25.0 Å². The van der Waals surface area contributed by atoms with Crippen LogP contribution in [0.25, 0.3) is 16.0 Å². The molecule has 0 amide bonds. The van der Waals surface area contributed by atoms with E-state index in [4.69, 9.17) is 4.74 Å². The Balaban J connectivity index is 1.58. The van der Waals surface area contributed by atoms with Gasteiger partial charge in [-0.05, 0) is 35.9 Å². The third-order valence-corrected chi connectivity index (χ3v) is 6.78. The SMILES string of the molecule is O=c1c2sccc2n2c(SCc3ccccc3F)nnc2n1C[C@H]1CCCO1. The van der Waals surface area contributed by atoms with Crippen molar-refractivity contribution in [2.45, 2.75) is 36.4 Å². The Labute approximate surface area is 168 Å². The Bertz CT molecular complexity index is 1210. The minimum atomic E-state index is -0.236. The molecule has 0 aliphatic carbocycles. The molecule has 0 bridgehead atoms. The smallest absolute Gasteiger partial charge is 0.272 e. The molecule has 1 aromatic carbocycles. The molecule has 1 saturated heterocycles. The van der Waals surface area contributed by atoms with Gasteiger partial charge in [0.2, 0.25) is 5.78 Å². The first-order chi connectivity index (χ1) is 13.7. The monoisotopic (exact) mass is 416 g/mol. The molecule has 1 aliphatic heterocycles. The number of rotatable bonds is 5. The molecule has 6 nitrogen and oxygen atoms in total. The zero-order valence-electron chi connectivity index (χ0n) is 14.9. The fourth-order valence-electron chi connectivity index (χ4n) is 3.51. The third kappa shape index (κ3) is 3.03. The fraction of sp³-hybridized carbons (Fsp3) is 0.316. The molecule has 1 atom stereocenters. The molecule has 0 spiro atoms. The van der Waals surface area contributed by atoms with E-state index in [1.807, 2.05) is 21.9 Å². The summed E-state index contributed by atoms with van der Waals surface area (Å²) in [6.45, 7) is 1.19.